The van der Waals surface area contributed by atoms with E-state index in [1.807, 2.05) is 0 Å². The Kier molecular flexibility index (Phi) is 1.61. The van der Waals surface area contributed by atoms with Gasteiger partial charge in [0.05, 0.1) is 17.1 Å². The first-order valence-electron chi connectivity index (χ1n) is 3.90. The maximum atomic E-state index is 5.77. The van der Waals surface area contributed by atoms with Crippen molar-refractivity contribution in [2.24, 2.45) is 0 Å². The van der Waals surface area contributed by atoms with E-state index in [9.17, 15) is 0 Å². The Bertz CT molecular complexity index is 320. The zero-order valence-electron chi connectivity index (χ0n) is 6.55. The molecule has 0 spiro atoms. The number of hydrogen-bond donors (Lipinski definition) is 2. The quantitative estimate of drug-likeness (QED) is 0.653. The Hall–Kier alpha value is -0.960. The van der Waals surface area contributed by atoms with Gasteiger partial charge in [0.15, 0.2) is 5.15 Å². The number of nitrogen functional groups attached to an aromatic ring is 2. The van der Waals surface area contributed by atoms with Gasteiger partial charge in [-0.15, -0.1) is 0 Å². The summed E-state index contributed by atoms with van der Waals surface area (Å²) in [5.41, 5.74) is 13.3. The smallest absolute Gasteiger partial charge is 0.152 e. The van der Waals surface area contributed by atoms with Crippen molar-refractivity contribution >= 4 is 23.0 Å². The van der Waals surface area contributed by atoms with Gasteiger partial charge in [0.25, 0.3) is 0 Å². The highest BCUT2D eigenvalue weighted by Gasteiger charge is 2.27. The van der Waals surface area contributed by atoms with Crippen LogP contribution in [0.5, 0.6) is 0 Å². The van der Waals surface area contributed by atoms with Crippen LogP contribution in [-0.2, 0) is 0 Å². The summed E-state index contributed by atoms with van der Waals surface area (Å²) in [6.07, 6.45) is 2.33. The fourth-order valence-corrected chi connectivity index (χ4v) is 1.37. The number of nitrogens with two attached hydrogens (primary N) is 2. The van der Waals surface area contributed by atoms with E-state index in [4.69, 9.17) is 23.1 Å². The predicted octanol–water partition coefficient (Wildman–Crippen LogP) is 1.78. The Morgan fingerprint density at radius 2 is 2.00 bits per heavy atom. The molecule has 0 bridgehead atoms. The molecule has 4 heteroatoms. The lowest BCUT2D eigenvalue weighted by molar-refractivity contribution is 1.03. The van der Waals surface area contributed by atoms with Gasteiger partial charge < -0.3 is 11.5 Å². The molecule has 1 fully saturated rings. The van der Waals surface area contributed by atoms with Gasteiger partial charge in [-0.2, -0.15) is 0 Å². The second kappa shape index (κ2) is 2.52. The van der Waals surface area contributed by atoms with Crippen LogP contribution in [0.4, 0.5) is 11.4 Å². The van der Waals surface area contributed by atoms with Gasteiger partial charge in [0, 0.05) is 5.92 Å². The topological polar surface area (TPSA) is 64.9 Å². The molecular weight excluding hydrogens is 174 g/mol. The van der Waals surface area contributed by atoms with Crippen LogP contribution < -0.4 is 11.5 Å². The lowest BCUT2D eigenvalue weighted by Crippen LogP contribution is -1.99. The molecule has 3 nitrogen and oxygen atoms in total. The highest BCUT2D eigenvalue weighted by Crippen LogP contribution is 2.42. The molecule has 0 amide bonds. The third-order valence-electron chi connectivity index (χ3n) is 2.03. The monoisotopic (exact) mass is 183 g/mol. The van der Waals surface area contributed by atoms with E-state index in [0.29, 0.717) is 22.4 Å². The van der Waals surface area contributed by atoms with Crippen LogP contribution in [0.15, 0.2) is 6.07 Å². The molecule has 2 rings (SSSR count). The predicted molar refractivity (Wildman–Crippen MR) is 50.0 cm³/mol. The minimum absolute atomic E-state index is 0.367. The van der Waals surface area contributed by atoms with E-state index in [0.717, 1.165) is 18.5 Å². The number of anilines is 2. The van der Waals surface area contributed by atoms with Crippen LogP contribution in [0.25, 0.3) is 0 Å². The number of nitrogens with zero attached hydrogens (tertiary/aromatic N) is 1. The largest absolute Gasteiger partial charge is 0.397 e. The molecule has 1 aromatic rings. The summed E-state index contributed by atoms with van der Waals surface area (Å²) in [7, 11) is 0. The number of halogens is 1. The van der Waals surface area contributed by atoms with Gasteiger partial charge >= 0.3 is 0 Å². The first kappa shape index (κ1) is 7.68. The second-order valence-electron chi connectivity index (χ2n) is 3.12. The Labute approximate surface area is 75.7 Å². The molecule has 0 saturated heterocycles. The summed E-state index contributed by atoms with van der Waals surface area (Å²) in [4.78, 5) is 4.15. The van der Waals surface area contributed by atoms with Crippen LogP contribution in [0, 0.1) is 0 Å². The van der Waals surface area contributed by atoms with Crippen molar-refractivity contribution in [2.75, 3.05) is 11.5 Å². The van der Waals surface area contributed by atoms with Crippen molar-refractivity contribution in [3.8, 4) is 0 Å². The molecule has 1 aromatic heterocycles. The minimum atomic E-state index is 0.367. The molecular formula is C8H10ClN3. The van der Waals surface area contributed by atoms with Gasteiger partial charge in [0.1, 0.15) is 0 Å². The molecule has 0 unspecified atom stereocenters. The number of aromatic nitrogens is 1. The molecule has 0 atom stereocenters. The molecule has 1 aliphatic carbocycles. The van der Waals surface area contributed by atoms with Crippen LogP contribution in [0.1, 0.15) is 24.5 Å². The average Bonchev–Trinajstić information content (AvgIpc) is 2.79. The fourth-order valence-electron chi connectivity index (χ4n) is 1.22. The van der Waals surface area contributed by atoms with Crippen molar-refractivity contribution in [2.45, 2.75) is 18.8 Å². The summed E-state index contributed by atoms with van der Waals surface area (Å²) >= 11 is 5.77. The molecule has 1 saturated carbocycles. The lowest BCUT2D eigenvalue weighted by atomic mass is 10.2. The van der Waals surface area contributed by atoms with E-state index >= 15 is 0 Å². The van der Waals surface area contributed by atoms with Crippen molar-refractivity contribution in [1.82, 2.24) is 4.98 Å². The highest BCUT2D eigenvalue weighted by atomic mass is 35.5. The van der Waals surface area contributed by atoms with Gasteiger partial charge in [-0.05, 0) is 18.9 Å². The highest BCUT2D eigenvalue weighted by molar-refractivity contribution is 6.31. The van der Waals surface area contributed by atoms with Gasteiger partial charge in [0.2, 0.25) is 0 Å². The summed E-state index contributed by atoms with van der Waals surface area (Å²) in [5, 5.41) is 0.367. The van der Waals surface area contributed by atoms with Crippen LogP contribution in [0.3, 0.4) is 0 Å². The van der Waals surface area contributed by atoms with Gasteiger partial charge in [-0.25, -0.2) is 4.98 Å². The van der Waals surface area contributed by atoms with Crippen LogP contribution >= 0.6 is 11.6 Å². The van der Waals surface area contributed by atoms with Gasteiger partial charge in [-0.3, -0.25) is 0 Å². The minimum Gasteiger partial charge on any atom is -0.397 e. The molecule has 64 valence electrons. The summed E-state index contributed by atoms with van der Waals surface area (Å²) in [5.74, 6) is 0.517. The van der Waals surface area contributed by atoms with E-state index in [2.05, 4.69) is 4.98 Å². The van der Waals surface area contributed by atoms with Gasteiger partial charge in [-0.1, -0.05) is 11.6 Å². The van der Waals surface area contributed by atoms with Crippen molar-refractivity contribution in [3.63, 3.8) is 0 Å². The summed E-state index contributed by atoms with van der Waals surface area (Å²) in [6, 6.07) is 1.68. The zero-order chi connectivity index (χ0) is 8.72. The third kappa shape index (κ3) is 1.20. The zero-order valence-corrected chi connectivity index (χ0v) is 7.30. The van der Waals surface area contributed by atoms with Crippen LogP contribution in [0.2, 0.25) is 5.15 Å². The molecule has 0 radical (unpaired) electrons. The summed E-state index contributed by atoms with van der Waals surface area (Å²) in [6.45, 7) is 0. The number of hydrogen-bond acceptors (Lipinski definition) is 3. The molecule has 4 N–H and O–H groups in total. The van der Waals surface area contributed by atoms with E-state index < -0.39 is 0 Å². The lowest BCUT2D eigenvalue weighted by Gasteiger charge is -2.05. The molecule has 0 aliphatic heterocycles. The maximum Gasteiger partial charge on any atom is 0.152 e. The Balaban J connectivity index is 2.47. The van der Waals surface area contributed by atoms with Crippen LogP contribution in [-0.4, -0.2) is 4.98 Å². The average molecular weight is 184 g/mol. The SMILES string of the molecule is Nc1cc(N)c(C2CC2)nc1Cl. The standard InChI is InChI=1S/C8H10ClN3/c9-8-6(11)3-5(10)7(12-8)4-1-2-4/h3-4H,1-2,10-11H2. The molecule has 1 aliphatic rings. The Morgan fingerprint density at radius 3 is 2.58 bits per heavy atom. The van der Waals surface area contributed by atoms with Crippen molar-refractivity contribution in [3.05, 3.63) is 16.9 Å². The third-order valence-corrected chi connectivity index (χ3v) is 2.33. The molecule has 12 heavy (non-hydrogen) atoms. The second-order valence-corrected chi connectivity index (χ2v) is 3.48. The Morgan fingerprint density at radius 1 is 1.33 bits per heavy atom. The first-order chi connectivity index (χ1) is 5.68. The number of rotatable bonds is 1. The first-order valence-corrected chi connectivity index (χ1v) is 4.27. The van der Waals surface area contributed by atoms with Crippen molar-refractivity contribution in [1.29, 1.82) is 0 Å². The summed E-state index contributed by atoms with van der Waals surface area (Å²) < 4.78 is 0. The van der Waals surface area contributed by atoms with E-state index in [1.54, 1.807) is 6.07 Å². The fraction of sp³-hybridized carbons (Fsp3) is 0.375. The molecule has 0 aromatic carbocycles. The van der Waals surface area contributed by atoms with E-state index in [-0.39, 0.29) is 0 Å². The molecule has 1 heterocycles. The van der Waals surface area contributed by atoms with Crippen molar-refractivity contribution < 1.29 is 0 Å². The van der Waals surface area contributed by atoms with E-state index in [1.165, 1.54) is 0 Å². The maximum absolute atomic E-state index is 5.77. The normalized spacial score (nSPS) is 16.4. The number of pyridine rings is 1.